The van der Waals surface area contributed by atoms with E-state index in [1.807, 2.05) is 0 Å². The number of hydrogen-bond donors (Lipinski definition) is 1. The molecular weight excluding hydrogens is 258 g/mol. The molecule has 0 saturated carbocycles. The van der Waals surface area contributed by atoms with Gasteiger partial charge in [0.25, 0.3) is 0 Å². The first kappa shape index (κ1) is 14.3. The van der Waals surface area contributed by atoms with Gasteiger partial charge in [0, 0.05) is 10.7 Å². The molecule has 0 heterocycles. The van der Waals surface area contributed by atoms with Gasteiger partial charge in [-0.05, 0) is 32.0 Å². The molecule has 1 rings (SSSR count). The molecule has 0 aromatic heterocycles. The van der Waals surface area contributed by atoms with E-state index in [0.29, 0.717) is 5.02 Å². The number of esters is 2. The van der Waals surface area contributed by atoms with Gasteiger partial charge in [-0.25, -0.2) is 9.59 Å². The van der Waals surface area contributed by atoms with Crippen LogP contribution in [0.3, 0.4) is 0 Å². The van der Waals surface area contributed by atoms with Gasteiger partial charge in [-0.1, -0.05) is 11.6 Å². The largest absolute Gasteiger partial charge is 0.463 e. The number of anilines is 1. The van der Waals surface area contributed by atoms with Crippen LogP contribution in [0.25, 0.3) is 0 Å². The molecule has 0 bridgehead atoms. The minimum atomic E-state index is -0.979. The maximum atomic E-state index is 11.7. The van der Waals surface area contributed by atoms with Crippen molar-refractivity contribution in [1.82, 2.24) is 0 Å². The minimum absolute atomic E-state index is 0.163. The van der Waals surface area contributed by atoms with Gasteiger partial charge in [0.1, 0.15) is 0 Å². The van der Waals surface area contributed by atoms with Crippen LogP contribution in [0.15, 0.2) is 18.2 Å². The van der Waals surface area contributed by atoms with Gasteiger partial charge in [-0.3, -0.25) is 0 Å². The summed E-state index contributed by atoms with van der Waals surface area (Å²) in [6.45, 7) is 3.33. The molecule has 0 aliphatic carbocycles. The van der Waals surface area contributed by atoms with Crippen molar-refractivity contribution in [2.75, 3.05) is 12.3 Å². The van der Waals surface area contributed by atoms with Crippen molar-refractivity contribution in [3.05, 3.63) is 28.8 Å². The average molecular weight is 272 g/mol. The quantitative estimate of drug-likeness (QED) is 0.670. The third kappa shape index (κ3) is 3.63. The number of halogens is 1. The smallest absolute Gasteiger partial charge is 0.347 e. The number of rotatable bonds is 4. The first-order valence-corrected chi connectivity index (χ1v) is 5.76. The van der Waals surface area contributed by atoms with Gasteiger partial charge in [0.05, 0.1) is 12.2 Å². The lowest BCUT2D eigenvalue weighted by Crippen LogP contribution is -2.26. The van der Waals surface area contributed by atoms with E-state index < -0.39 is 18.0 Å². The number of nitrogens with two attached hydrogens (primary N) is 1. The Morgan fingerprint density at radius 1 is 1.44 bits per heavy atom. The third-order valence-corrected chi connectivity index (χ3v) is 2.37. The van der Waals surface area contributed by atoms with Crippen LogP contribution >= 0.6 is 11.6 Å². The zero-order valence-electron chi connectivity index (χ0n) is 10.1. The van der Waals surface area contributed by atoms with Crippen LogP contribution in [-0.2, 0) is 14.3 Å². The summed E-state index contributed by atoms with van der Waals surface area (Å²) in [7, 11) is 0. The van der Waals surface area contributed by atoms with Crippen LogP contribution < -0.4 is 5.73 Å². The molecule has 0 radical (unpaired) electrons. The molecule has 6 heteroatoms. The molecule has 1 unspecified atom stereocenters. The number of hydrogen-bond acceptors (Lipinski definition) is 5. The molecule has 1 atom stereocenters. The molecule has 1 aromatic carbocycles. The number of ether oxygens (including phenoxy) is 2. The minimum Gasteiger partial charge on any atom is -0.463 e. The maximum absolute atomic E-state index is 11.7. The Bertz CT molecular complexity index is 461. The van der Waals surface area contributed by atoms with Crippen LogP contribution in [0.2, 0.25) is 5.02 Å². The third-order valence-electron chi connectivity index (χ3n) is 2.14. The lowest BCUT2D eigenvalue weighted by molar-refractivity contribution is -0.152. The molecule has 98 valence electrons. The van der Waals surface area contributed by atoms with E-state index in [2.05, 4.69) is 0 Å². The predicted molar refractivity (Wildman–Crippen MR) is 67.4 cm³/mol. The van der Waals surface area contributed by atoms with Crippen molar-refractivity contribution in [2.24, 2.45) is 0 Å². The van der Waals surface area contributed by atoms with Crippen molar-refractivity contribution >= 4 is 29.2 Å². The Labute approximate surface area is 110 Å². The normalized spacial score (nSPS) is 11.7. The van der Waals surface area contributed by atoms with Crippen LogP contribution in [0.1, 0.15) is 24.2 Å². The zero-order chi connectivity index (χ0) is 13.7. The van der Waals surface area contributed by atoms with E-state index in [-0.39, 0.29) is 17.9 Å². The highest BCUT2D eigenvalue weighted by atomic mass is 35.5. The molecule has 0 fully saturated rings. The number of benzene rings is 1. The number of nitrogen functional groups attached to an aromatic ring is 1. The summed E-state index contributed by atoms with van der Waals surface area (Å²) < 4.78 is 9.66. The number of carbonyl (C=O) groups is 2. The fourth-order valence-corrected chi connectivity index (χ4v) is 1.43. The van der Waals surface area contributed by atoms with Gasteiger partial charge >= 0.3 is 11.9 Å². The van der Waals surface area contributed by atoms with E-state index >= 15 is 0 Å². The van der Waals surface area contributed by atoms with Crippen LogP contribution in [0, 0.1) is 0 Å². The number of carbonyl (C=O) groups excluding carboxylic acids is 2. The summed E-state index contributed by atoms with van der Waals surface area (Å²) in [6, 6.07) is 4.40. The second-order valence-electron chi connectivity index (χ2n) is 3.53. The fourth-order valence-electron chi connectivity index (χ4n) is 1.25. The molecular formula is C12H14ClNO4. The van der Waals surface area contributed by atoms with Crippen molar-refractivity contribution < 1.29 is 19.1 Å². The molecule has 0 amide bonds. The second-order valence-corrected chi connectivity index (χ2v) is 3.97. The Morgan fingerprint density at radius 2 is 2.11 bits per heavy atom. The van der Waals surface area contributed by atoms with Gasteiger partial charge in [0.2, 0.25) is 0 Å². The summed E-state index contributed by atoms with van der Waals surface area (Å²) in [6.07, 6.45) is -0.979. The Hall–Kier alpha value is -1.75. The Kier molecular flexibility index (Phi) is 4.97. The Morgan fingerprint density at radius 3 is 2.67 bits per heavy atom. The Balaban J connectivity index is 2.73. The summed E-state index contributed by atoms with van der Waals surface area (Å²) in [5, 5.41) is 0.419. The lowest BCUT2D eigenvalue weighted by Gasteiger charge is -2.12. The predicted octanol–water partition coefficient (Wildman–Crippen LogP) is 2.03. The summed E-state index contributed by atoms with van der Waals surface area (Å²) in [4.78, 5) is 23.0. The zero-order valence-corrected chi connectivity index (χ0v) is 10.9. The van der Waals surface area contributed by atoms with Crippen LogP contribution in [-0.4, -0.2) is 24.6 Å². The molecule has 2 N–H and O–H groups in total. The van der Waals surface area contributed by atoms with Crippen molar-refractivity contribution in [2.45, 2.75) is 20.0 Å². The van der Waals surface area contributed by atoms with E-state index in [4.69, 9.17) is 26.8 Å². The van der Waals surface area contributed by atoms with Gasteiger partial charge in [-0.2, -0.15) is 0 Å². The summed E-state index contributed by atoms with van der Waals surface area (Å²) in [5.41, 5.74) is 5.99. The topological polar surface area (TPSA) is 78.6 Å². The first-order chi connectivity index (χ1) is 8.45. The van der Waals surface area contributed by atoms with Crippen molar-refractivity contribution in [3.8, 4) is 0 Å². The highest BCUT2D eigenvalue weighted by Crippen LogP contribution is 2.19. The standard InChI is InChI=1S/C12H14ClNO4/c1-3-17-11(15)7(2)18-12(16)9-5-4-8(13)6-10(9)14/h4-7H,3,14H2,1-2H3. The molecule has 0 spiro atoms. The van der Waals surface area contributed by atoms with E-state index in [9.17, 15) is 9.59 Å². The van der Waals surface area contributed by atoms with E-state index in [0.717, 1.165) is 0 Å². The molecule has 5 nitrogen and oxygen atoms in total. The lowest BCUT2D eigenvalue weighted by atomic mass is 10.2. The fraction of sp³-hybridized carbons (Fsp3) is 0.333. The molecule has 0 saturated heterocycles. The molecule has 1 aromatic rings. The van der Waals surface area contributed by atoms with Gasteiger partial charge in [0.15, 0.2) is 6.10 Å². The second kappa shape index (κ2) is 6.26. The maximum Gasteiger partial charge on any atom is 0.347 e. The van der Waals surface area contributed by atoms with E-state index in [1.54, 1.807) is 6.92 Å². The SMILES string of the molecule is CCOC(=O)C(C)OC(=O)c1ccc(Cl)cc1N. The first-order valence-electron chi connectivity index (χ1n) is 5.38. The summed E-state index contributed by atoms with van der Waals surface area (Å²) in [5.74, 6) is -1.29. The molecule has 0 aliphatic heterocycles. The molecule has 0 aliphatic rings. The van der Waals surface area contributed by atoms with Gasteiger partial charge in [-0.15, -0.1) is 0 Å². The average Bonchev–Trinajstić information content (AvgIpc) is 2.28. The molecule has 18 heavy (non-hydrogen) atoms. The van der Waals surface area contributed by atoms with Gasteiger partial charge < -0.3 is 15.2 Å². The summed E-state index contributed by atoms with van der Waals surface area (Å²) >= 11 is 5.71. The highest BCUT2D eigenvalue weighted by molar-refractivity contribution is 6.31. The monoisotopic (exact) mass is 271 g/mol. The van der Waals surface area contributed by atoms with E-state index in [1.165, 1.54) is 25.1 Å². The van der Waals surface area contributed by atoms with Crippen LogP contribution in [0.5, 0.6) is 0 Å². The van der Waals surface area contributed by atoms with Crippen molar-refractivity contribution in [3.63, 3.8) is 0 Å². The van der Waals surface area contributed by atoms with Crippen LogP contribution in [0.4, 0.5) is 5.69 Å². The van der Waals surface area contributed by atoms with Crippen molar-refractivity contribution in [1.29, 1.82) is 0 Å². The highest BCUT2D eigenvalue weighted by Gasteiger charge is 2.21.